The van der Waals surface area contributed by atoms with Gasteiger partial charge in [-0.2, -0.15) is 0 Å². The maximum Gasteiger partial charge on any atom is 0.175 e. The molecule has 0 atom stereocenters. The van der Waals surface area contributed by atoms with E-state index in [0.717, 1.165) is 22.3 Å². The molecule has 0 fully saturated rings. The molecule has 0 aliphatic carbocycles. The Hall–Kier alpha value is -1.84. The fourth-order valence-electron chi connectivity index (χ4n) is 2.54. The lowest BCUT2D eigenvalue weighted by Gasteiger charge is -2.17. The largest absolute Gasteiger partial charge is 0.224 e. The van der Waals surface area contributed by atoms with E-state index >= 15 is 0 Å². The van der Waals surface area contributed by atoms with Crippen LogP contribution in [0.1, 0.15) is 11.1 Å². The topological polar surface area (TPSA) is 34.1 Å². The summed E-state index contributed by atoms with van der Waals surface area (Å²) in [4.78, 5) is 0. The normalized spacial score (nSPS) is 16.8. The van der Waals surface area contributed by atoms with Gasteiger partial charge in [0.1, 0.15) is 0 Å². The number of halogens is 1. The highest BCUT2D eigenvalue weighted by Gasteiger charge is 2.19. The van der Waals surface area contributed by atoms with Crippen LogP contribution in [0.2, 0.25) is 5.02 Å². The van der Waals surface area contributed by atoms with Gasteiger partial charge in [-0.15, -0.1) is 0 Å². The molecule has 0 spiro atoms. The van der Waals surface area contributed by atoms with Gasteiger partial charge in [-0.05, 0) is 40.8 Å². The SMILES string of the molecule is O=S1(=O)C=C(Cc2ccc(Cl)cc2)C(c2ccccc2)=CC1. The highest BCUT2D eigenvalue weighted by Crippen LogP contribution is 2.30. The monoisotopic (exact) mass is 330 g/mol. The molecule has 0 radical (unpaired) electrons. The number of hydrogen-bond acceptors (Lipinski definition) is 2. The second-order valence-electron chi connectivity index (χ2n) is 5.26. The number of allylic oxidation sites excluding steroid dienone is 2. The van der Waals surface area contributed by atoms with E-state index in [-0.39, 0.29) is 5.75 Å². The molecule has 0 N–H and O–H groups in total. The van der Waals surface area contributed by atoms with E-state index in [2.05, 4.69) is 0 Å². The predicted molar refractivity (Wildman–Crippen MR) is 91.4 cm³/mol. The molecule has 1 aliphatic heterocycles. The lowest BCUT2D eigenvalue weighted by Crippen LogP contribution is -2.10. The predicted octanol–water partition coefficient (Wildman–Crippen LogP) is 4.28. The first-order valence-corrected chi connectivity index (χ1v) is 9.06. The van der Waals surface area contributed by atoms with E-state index in [9.17, 15) is 8.42 Å². The van der Waals surface area contributed by atoms with Crippen molar-refractivity contribution in [2.45, 2.75) is 6.42 Å². The molecule has 2 nitrogen and oxygen atoms in total. The average molecular weight is 331 g/mol. The van der Waals surface area contributed by atoms with Crippen LogP contribution < -0.4 is 0 Å². The van der Waals surface area contributed by atoms with Crippen LogP contribution in [0.4, 0.5) is 0 Å². The summed E-state index contributed by atoms with van der Waals surface area (Å²) in [5.74, 6) is 0.0569. The first-order valence-electron chi connectivity index (χ1n) is 6.97. The summed E-state index contributed by atoms with van der Waals surface area (Å²) in [5, 5.41) is 2.08. The maximum atomic E-state index is 11.9. The Balaban J connectivity index is 1.98. The van der Waals surface area contributed by atoms with Gasteiger partial charge < -0.3 is 0 Å². The zero-order chi connectivity index (χ0) is 15.6. The van der Waals surface area contributed by atoms with Crippen LogP contribution in [0, 0.1) is 0 Å². The molecule has 0 bridgehead atoms. The van der Waals surface area contributed by atoms with Crippen molar-refractivity contribution in [3.8, 4) is 0 Å². The smallest absolute Gasteiger partial charge is 0.175 e. The molecule has 22 heavy (non-hydrogen) atoms. The van der Waals surface area contributed by atoms with Crippen molar-refractivity contribution in [3.05, 3.63) is 87.8 Å². The van der Waals surface area contributed by atoms with Gasteiger partial charge in [-0.25, -0.2) is 8.42 Å². The van der Waals surface area contributed by atoms with Crippen LogP contribution in [0.3, 0.4) is 0 Å². The van der Waals surface area contributed by atoms with Crippen molar-refractivity contribution in [2.24, 2.45) is 0 Å². The Bertz CT molecular complexity index is 832. The summed E-state index contributed by atoms with van der Waals surface area (Å²) in [6.07, 6.45) is 2.37. The van der Waals surface area contributed by atoms with Crippen LogP contribution in [-0.4, -0.2) is 14.2 Å². The molecule has 0 unspecified atom stereocenters. The maximum absolute atomic E-state index is 11.9. The van der Waals surface area contributed by atoms with Crippen molar-refractivity contribution in [2.75, 3.05) is 5.75 Å². The second kappa shape index (κ2) is 6.11. The number of benzene rings is 2. The molecular formula is C18H15ClO2S. The van der Waals surface area contributed by atoms with E-state index < -0.39 is 9.84 Å². The molecule has 0 saturated carbocycles. The number of rotatable bonds is 3. The number of sulfone groups is 1. The van der Waals surface area contributed by atoms with Gasteiger partial charge in [-0.1, -0.05) is 60.1 Å². The summed E-state index contributed by atoms with van der Waals surface area (Å²) in [6.45, 7) is 0. The van der Waals surface area contributed by atoms with E-state index in [1.165, 1.54) is 5.41 Å². The van der Waals surface area contributed by atoms with Gasteiger partial charge in [0, 0.05) is 10.4 Å². The average Bonchev–Trinajstić information content (AvgIpc) is 2.50. The zero-order valence-electron chi connectivity index (χ0n) is 11.9. The third-order valence-electron chi connectivity index (χ3n) is 3.58. The van der Waals surface area contributed by atoms with Crippen LogP contribution in [0.5, 0.6) is 0 Å². The number of hydrogen-bond donors (Lipinski definition) is 0. The highest BCUT2D eigenvalue weighted by molar-refractivity contribution is 7.94. The molecule has 1 aliphatic rings. The second-order valence-corrected chi connectivity index (χ2v) is 7.59. The summed E-state index contributed by atoms with van der Waals surface area (Å²) in [5.41, 5.74) is 3.89. The van der Waals surface area contributed by atoms with Crippen LogP contribution >= 0.6 is 11.6 Å². The summed E-state index contributed by atoms with van der Waals surface area (Å²) < 4.78 is 23.9. The first-order chi connectivity index (χ1) is 10.5. The van der Waals surface area contributed by atoms with Crippen LogP contribution in [0.15, 0.2) is 71.7 Å². The first kappa shape index (κ1) is 15.1. The summed E-state index contributed by atoms with van der Waals surface area (Å²) in [6, 6.07) is 17.4. The van der Waals surface area contributed by atoms with Crippen LogP contribution in [-0.2, 0) is 16.3 Å². The molecule has 2 aromatic rings. The van der Waals surface area contributed by atoms with Crippen molar-refractivity contribution < 1.29 is 8.42 Å². The van der Waals surface area contributed by atoms with Crippen molar-refractivity contribution >= 4 is 27.0 Å². The minimum Gasteiger partial charge on any atom is -0.224 e. The van der Waals surface area contributed by atoms with Crippen molar-refractivity contribution in [1.29, 1.82) is 0 Å². The molecule has 3 rings (SSSR count). The van der Waals surface area contributed by atoms with Gasteiger partial charge in [0.15, 0.2) is 9.84 Å². The molecule has 2 aromatic carbocycles. The fraction of sp³-hybridized carbons (Fsp3) is 0.111. The van der Waals surface area contributed by atoms with Gasteiger partial charge in [0.05, 0.1) is 5.75 Å². The molecule has 0 amide bonds. The Labute approximate surface area is 135 Å². The zero-order valence-corrected chi connectivity index (χ0v) is 13.4. The molecular weight excluding hydrogens is 316 g/mol. The van der Waals surface area contributed by atoms with Crippen molar-refractivity contribution in [1.82, 2.24) is 0 Å². The summed E-state index contributed by atoms with van der Waals surface area (Å²) in [7, 11) is -3.17. The quantitative estimate of drug-likeness (QED) is 0.841. The van der Waals surface area contributed by atoms with Gasteiger partial charge in [-0.3, -0.25) is 0 Å². The Morgan fingerprint density at radius 2 is 1.64 bits per heavy atom. The van der Waals surface area contributed by atoms with Gasteiger partial charge in [0.25, 0.3) is 0 Å². The lowest BCUT2D eigenvalue weighted by molar-refractivity contribution is 0.607. The Morgan fingerprint density at radius 3 is 2.32 bits per heavy atom. The molecule has 112 valence electrons. The highest BCUT2D eigenvalue weighted by atomic mass is 35.5. The molecule has 0 aromatic heterocycles. The van der Waals surface area contributed by atoms with E-state index in [1.54, 1.807) is 6.08 Å². The van der Waals surface area contributed by atoms with Crippen LogP contribution in [0.25, 0.3) is 5.57 Å². The minimum absolute atomic E-state index is 0.0569. The van der Waals surface area contributed by atoms with Gasteiger partial charge in [0.2, 0.25) is 0 Å². The van der Waals surface area contributed by atoms with E-state index in [0.29, 0.717) is 11.4 Å². The molecule has 4 heteroatoms. The summed E-state index contributed by atoms with van der Waals surface area (Å²) >= 11 is 5.90. The lowest BCUT2D eigenvalue weighted by atomic mass is 9.94. The molecule has 0 saturated heterocycles. The fourth-order valence-corrected chi connectivity index (χ4v) is 3.80. The van der Waals surface area contributed by atoms with E-state index in [4.69, 9.17) is 11.6 Å². The standard InChI is InChI=1S/C18H15ClO2S/c19-17-8-6-14(7-9-17)12-16-13-22(20,21)11-10-18(16)15-4-2-1-3-5-15/h1-10,13H,11-12H2. The Morgan fingerprint density at radius 1 is 0.955 bits per heavy atom. The third kappa shape index (κ3) is 3.49. The third-order valence-corrected chi connectivity index (χ3v) is 5.11. The minimum atomic E-state index is -3.17. The van der Waals surface area contributed by atoms with E-state index in [1.807, 2.05) is 54.6 Å². The van der Waals surface area contributed by atoms with Crippen molar-refractivity contribution in [3.63, 3.8) is 0 Å². The van der Waals surface area contributed by atoms with Gasteiger partial charge >= 0.3 is 0 Å². The molecule has 1 heterocycles. The Kier molecular flexibility index (Phi) is 4.19.